The number of carboxylic acid groups (broad SMARTS) is 1. The molecule has 1 aromatic rings. The highest BCUT2D eigenvalue weighted by Crippen LogP contribution is 2.33. The molecule has 0 aliphatic heterocycles. The maximum absolute atomic E-state index is 13.0. The van der Waals surface area contributed by atoms with Crippen LogP contribution in [-0.4, -0.2) is 27.4 Å². The Morgan fingerprint density at radius 2 is 1.84 bits per heavy atom. The molecule has 2 unspecified atom stereocenters. The summed E-state index contributed by atoms with van der Waals surface area (Å²) in [5.74, 6) is -2.94. The van der Waals surface area contributed by atoms with Crippen molar-refractivity contribution in [3.05, 3.63) is 35.1 Å². The summed E-state index contributed by atoms with van der Waals surface area (Å²) >= 11 is 0. The molecule has 1 aromatic carbocycles. The van der Waals surface area contributed by atoms with Gasteiger partial charge in [-0.15, -0.1) is 0 Å². The van der Waals surface area contributed by atoms with Gasteiger partial charge in [-0.1, -0.05) is 6.07 Å². The molecule has 0 aliphatic carbocycles. The summed E-state index contributed by atoms with van der Waals surface area (Å²) in [6.07, 6.45) is -9.43. The molecule has 0 radical (unpaired) electrons. The van der Waals surface area contributed by atoms with E-state index in [1.54, 1.807) is 0 Å². The van der Waals surface area contributed by atoms with Crippen molar-refractivity contribution in [2.24, 2.45) is 0 Å². The first-order valence-electron chi connectivity index (χ1n) is 5.07. The largest absolute Gasteiger partial charge is 0.481 e. The van der Waals surface area contributed by atoms with Gasteiger partial charge in [-0.25, -0.2) is 4.39 Å². The summed E-state index contributed by atoms with van der Waals surface area (Å²) in [6, 6.07) is 1.68. The van der Waals surface area contributed by atoms with E-state index >= 15 is 0 Å². The number of halogens is 4. The van der Waals surface area contributed by atoms with E-state index in [0.29, 0.717) is 12.1 Å². The highest BCUT2D eigenvalue weighted by atomic mass is 19.4. The molecule has 19 heavy (non-hydrogen) atoms. The summed E-state index contributed by atoms with van der Waals surface area (Å²) in [5, 5.41) is 27.2. The van der Waals surface area contributed by atoms with E-state index in [4.69, 9.17) is 5.11 Å². The van der Waals surface area contributed by atoms with Crippen LogP contribution in [0.3, 0.4) is 0 Å². The van der Waals surface area contributed by atoms with Crippen LogP contribution in [0.4, 0.5) is 17.6 Å². The summed E-state index contributed by atoms with van der Waals surface area (Å²) in [5.41, 5.74) is -2.01. The minimum atomic E-state index is -4.95. The first kappa shape index (κ1) is 15.4. The molecule has 0 bridgehead atoms. The normalized spacial score (nSPS) is 15.1. The molecule has 3 N–H and O–H groups in total. The fraction of sp³-hybridized carbons (Fsp3) is 0.364. The molecule has 0 spiro atoms. The van der Waals surface area contributed by atoms with Crippen LogP contribution in [-0.2, 0) is 11.0 Å². The van der Waals surface area contributed by atoms with Crippen LogP contribution >= 0.6 is 0 Å². The standard InChI is InChI=1S/C11H10F4O4/c12-7-2-1-5(3-6(7)11(13,14)15)10(19)8(16)4-9(17)18/h1-3,8,10,16,19H,4H2,(H,17,18). The van der Waals surface area contributed by atoms with Gasteiger partial charge in [0.1, 0.15) is 11.9 Å². The lowest BCUT2D eigenvalue weighted by atomic mass is 9.99. The van der Waals surface area contributed by atoms with E-state index in [1.165, 1.54) is 0 Å². The fourth-order valence-corrected chi connectivity index (χ4v) is 1.46. The van der Waals surface area contributed by atoms with Crippen molar-refractivity contribution in [3.8, 4) is 0 Å². The van der Waals surface area contributed by atoms with E-state index in [1.807, 2.05) is 0 Å². The maximum atomic E-state index is 13.0. The number of aliphatic hydroxyl groups is 2. The van der Waals surface area contributed by atoms with E-state index in [2.05, 4.69) is 0 Å². The van der Waals surface area contributed by atoms with Gasteiger partial charge in [0.2, 0.25) is 0 Å². The van der Waals surface area contributed by atoms with E-state index in [0.717, 1.165) is 6.07 Å². The number of alkyl halides is 3. The summed E-state index contributed by atoms with van der Waals surface area (Å²) in [7, 11) is 0. The van der Waals surface area contributed by atoms with Crippen LogP contribution in [0.1, 0.15) is 23.7 Å². The Kier molecular flexibility index (Phi) is 4.48. The van der Waals surface area contributed by atoms with E-state index in [9.17, 15) is 32.6 Å². The Labute approximate surface area is 104 Å². The Morgan fingerprint density at radius 3 is 2.32 bits per heavy atom. The quantitative estimate of drug-likeness (QED) is 0.735. The average molecular weight is 282 g/mol. The van der Waals surface area contributed by atoms with Crippen molar-refractivity contribution in [1.82, 2.24) is 0 Å². The van der Waals surface area contributed by atoms with Gasteiger partial charge in [-0.05, 0) is 17.7 Å². The second-order valence-electron chi connectivity index (χ2n) is 3.85. The molecular formula is C11H10F4O4. The number of aliphatic carboxylic acids is 1. The van der Waals surface area contributed by atoms with Crippen LogP contribution in [0.5, 0.6) is 0 Å². The molecule has 0 fully saturated rings. The second-order valence-corrected chi connectivity index (χ2v) is 3.85. The summed E-state index contributed by atoms with van der Waals surface area (Å²) < 4.78 is 50.3. The topological polar surface area (TPSA) is 77.8 Å². The smallest absolute Gasteiger partial charge is 0.419 e. The van der Waals surface area contributed by atoms with Crippen LogP contribution in [0.2, 0.25) is 0 Å². The van der Waals surface area contributed by atoms with Gasteiger partial charge < -0.3 is 15.3 Å². The molecule has 0 saturated carbocycles. The Balaban J connectivity index is 3.05. The summed E-state index contributed by atoms with van der Waals surface area (Å²) in [6.45, 7) is 0. The van der Waals surface area contributed by atoms with Crippen LogP contribution < -0.4 is 0 Å². The monoisotopic (exact) mass is 282 g/mol. The van der Waals surface area contributed by atoms with Gasteiger partial charge in [0, 0.05) is 0 Å². The SMILES string of the molecule is O=C(O)CC(O)C(O)c1ccc(F)c(C(F)(F)F)c1. The number of aliphatic hydroxyl groups excluding tert-OH is 2. The molecule has 0 aromatic heterocycles. The molecule has 8 heteroatoms. The minimum Gasteiger partial charge on any atom is -0.481 e. The van der Waals surface area contributed by atoms with Crippen molar-refractivity contribution in [2.75, 3.05) is 0 Å². The molecular weight excluding hydrogens is 272 g/mol. The van der Waals surface area contributed by atoms with Crippen LogP contribution in [0.15, 0.2) is 18.2 Å². The molecule has 0 saturated heterocycles. The zero-order chi connectivity index (χ0) is 14.8. The Morgan fingerprint density at radius 1 is 1.26 bits per heavy atom. The van der Waals surface area contributed by atoms with Gasteiger partial charge in [-0.3, -0.25) is 4.79 Å². The third kappa shape index (κ3) is 3.90. The maximum Gasteiger partial charge on any atom is 0.419 e. The lowest BCUT2D eigenvalue weighted by molar-refractivity contribution is -0.142. The Bertz CT molecular complexity index is 472. The molecule has 0 heterocycles. The lowest BCUT2D eigenvalue weighted by Gasteiger charge is -2.18. The predicted octanol–water partition coefficient (Wildman–Crippen LogP) is 1.71. The third-order valence-electron chi connectivity index (χ3n) is 2.39. The number of hydrogen-bond donors (Lipinski definition) is 3. The Hall–Kier alpha value is -1.67. The third-order valence-corrected chi connectivity index (χ3v) is 2.39. The zero-order valence-electron chi connectivity index (χ0n) is 9.36. The van der Waals surface area contributed by atoms with Gasteiger partial charge in [0.15, 0.2) is 0 Å². The van der Waals surface area contributed by atoms with Crippen molar-refractivity contribution < 1.29 is 37.7 Å². The van der Waals surface area contributed by atoms with Gasteiger partial charge in [0.05, 0.1) is 18.1 Å². The number of benzene rings is 1. The highest BCUT2D eigenvalue weighted by molar-refractivity contribution is 5.67. The second kappa shape index (κ2) is 5.54. The summed E-state index contributed by atoms with van der Waals surface area (Å²) in [4.78, 5) is 10.3. The fourth-order valence-electron chi connectivity index (χ4n) is 1.46. The minimum absolute atomic E-state index is 0.338. The van der Waals surface area contributed by atoms with Crippen molar-refractivity contribution in [3.63, 3.8) is 0 Å². The van der Waals surface area contributed by atoms with E-state index in [-0.39, 0.29) is 0 Å². The zero-order valence-corrected chi connectivity index (χ0v) is 9.36. The first-order chi connectivity index (χ1) is 8.62. The number of carboxylic acids is 1. The van der Waals surface area contributed by atoms with Gasteiger partial charge >= 0.3 is 12.1 Å². The first-order valence-corrected chi connectivity index (χ1v) is 5.07. The van der Waals surface area contributed by atoms with Crippen molar-refractivity contribution in [2.45, 2.75) is 24.8 Å². The molecule has 4 nitrogen and oxygen atoms in total. The average Bonchev–Trinajstić information content (AvgIpc) is 2.26. The van der Waals surface area contributed by atoms with E-state index < -0.39 is 47.7 Å². The van der Waals surface area contributed by atoms with Crippen molar-refractivity contribution in [1.29, 1.82) is 0 Å². The number of rotatable bonds is 4. The van der Waals surface area contributed by atoms with Crippen LogP contribution in [0.25, 0.3) is 0 Å². The van der Waals surface area contributed by atoms with Gasteiger partial charge in [-0.2, -0.15) is 13.2 Å². The molecule has 0 aliphatic rings. The number of carbonyl (C=O) groups is 1. The van der Waals surface area contributed by atoms with Gasteiger partial charge in [0.25, 0.3) is 0 Å². The van der Waals surface area contributed by atoms with Crippen molar-refractivity contribution >= 4 is 5.97 Å². The molecule has 106 valence electrons. The lowest BCUT2D eigenvalue weighted by Crippen LogP contribution is -2.22. The molecule has 2 atom stereocenters. The molecule has 0 amide bonds. The molecule has 1 rings (SSSR count). The highest BCUT2D eigenvalue weighted by Gasteiger charge is 2.35. The predicted molar refractivity (Wildman–Crippen MR) is 54.6 cm³/mol. The van der Waals surface area contributed by atoms with Crippen LogP contribution in [0, 0.1) is 5.82 Å². The number of hydrogen-bond acceptors (Lipinski definition) is 3.